The van der Waals surface area contributed by atoms with Gasteiger partial charge < -0.3 is 15.2 Å². The summed E-state index contributed by atoms with van der Waals surface area (Å²) in [5.74, 6) is 0.0146. The summed E-state index contributed by atoms with van der Waals surface area (Å²) in [6, 6.07) is 7.78. The molecule has 130 valence electrons. The van der Waals surface area contributed by atoms with Crippen LogP contribution in [0.25, 0.3) is 10.9 Å². The molecule has 1 saturated heterocycles. The predicted molar refractivity (Wildman–Crippen MR) is 99.7 cm³/mol. The maximum Gasteiger partial charge on any atom is 0.270 e. The van der Waals surface area contributed by atoms with Crippen LogP contribution in [0.1, 0.15) is 51.0 Å². The number of hydrogen-bond donors (Lipinski definition) is 2. The molecular weight excluding hydrogens is 322 g/mol. The Morgan fingerprint density at radius 2 is 1.83 bits per heavy atom. The molecule has 0 atom stereocenters. The lowest BCUT2D eigenvalue weighted by Gasteiger charge is -2.48. The number of fused-ring (bicyclic) bond motifs is 1. The molecule has 1 aliphatic heterocycles. The Balaban J connectivity index is 1.87. The van der Waals surface area contributed by atoms with Gasteiger partial charge in [-0.05, 0) is 52.7 Å². The van der Waals surface area contributed by atoms with E-state index < -0.39 is 0 Å². The van der Waals surface area contributed by atoms with Crippen molar-refractivity contribution in [2.24, 2.45) is 0 Å². The summed E-state index contributed by atoms with van der Waals surface area (Å²) < 4.78 is 0. The van der Waals surface area contributed by atoms with Crippen LogP contribution in [0, 0.1) is 0 Å². The van der Waals surface area contributed by atoms with Crippen molar-refractivity contribution in [3.63, 3.8) is 0 Å². The number of amides is 1. The first-order valence-electron chi connectivity index (χ1n) is 8.42. The molecule has 1 fully saturated rings. The first kappa shape index (κ1) is 17.3. The number of rotatable bonds is 2. The van der Waals surface area contributed by atoms with Gasteiger partial charge in [-0.3, -0.25) is 4.79 Å². The molecular formula is C19H26ClN3O. The second kappa shape index (κ2) is 5.78. The summed E-state index contributed by atoms with van der Waals surface area (Å²) >= 11 is 6.21. The van der Waals surface area contributed by atoms with E-state index in [9.17, 15) is 4.79 Å². The van der Waals surface area contributed by atoms with Gasteiger partial charge in [0.25, 0.3) is 5.91 Å². The largest absolute Gasteiger partial charge is 0.349 e. The van der Waals surface area contributed by atoms with Crippen LogP contribution >= 0.6 is 11.6 Å². The second-order valence-electron chi connectivity index (χ2n) is 8.26. The molecule has 0 unspecified atom stereocenters. The predicted octanol–water partition coefficient (Wildman–Crippen LogP) is 4.20. The van der Waals surface area contributed by atoms with Crippen molar-refractivity contribution in [2.45, 2.75) is 57.7 Å². The average Bonchev–Trinajstić information content (AvgIpc) is 2.88. The Hall–Kier alpha value is -1.52. The van der Waals surface area contributed by atoms with Crippen molar-refractivity contribution >= 4 is 28.4 Å². The van der Waals surface area contributed by atoms with Gasteiger partial charge in [-0.1, -0.05) is 23.7 Å². The molecule has 2 aromatic rings. The van der Waals surface area contributed by atoms with Gasteiger partial charge in [0.2, 0.25) is 0 Å². The van der Waals surface area contributed by atoms with Crippen molar-refractivity contribution < 1.29 is 4.79 Å². The number of hydrogen-bond acceptors (Lipinski definition) is 2. The Kier molecular flexibility index (Phi) is 4.17. The number of aromatic amines is 1. The van der Waals surface area contributed by atoms with Crippen LogP contribution in [0.5, 0.6) is 0 Å². The topological polar surface area (TPSA) is 48.1 Å². The van der Waals surface area contributed by atoms with Crippen LogP contribution in [0.3, 0.4) is 0 Å². The summed E-state index contributed by atoms with van der Waals surface area (Å²) in [4.78, 5) is 18.0. The highest BCUT2D eigenvalue weighted by Crippen LogP contribution is 2.32. The van der Waals surface area contributed by atoms with E-state index in [4.69, 9.17) is 11.6 Å². The minimum Gasteiger partial charge on any atom is -0.349 e. The summed E-state index contributed by atoms with van der Waals surface area (Å²) in [7, 11) is 1.90. The fraction of sp³-hybridized carbons (Fsp3) is 0.526. The van der Waals surface area contributed by atoms with Gasteiger partial charge in [0, 0.05) is 29.6 Å². The Morgan fingerprint density at radius 3 is 2.42 bits per heavy atom. The van der Waals surface area contributed by atoms with E-state index in [0.29, 0.717) is 10.7 Å². The Bertz CT molecular complexity index is 762. The van der Waals surface area contributed by atoms with Crippen molar-refractivity contribution in [1.29, 1.82) is 0 Å². The summed E-state index contributed by atoms with van der Waals surface area (Å²) in [6.45, 7) is 8.79. The summed E-state index contributed by atoms with van der Waals surface area (Å²) in [6.07, 6.45) is 1.86. The third kappa shape index (κ3) is 3.31. The van der Waals surface area contributed by atoms with E-state index in [1.165, 1.54) is 0 Å². The second-order valence-corrected chi connectivity index (χ2v) is 8.67. The fourth-order valence-corrected chi connectivity index (χ4v) is 4.36. The number of carbonyl (C=O) groups excluding carboxylic acids is 1. The molecule has 1 aliphatic rings. The number of halogens is 1. The lowest BCUT2D eigenvalue weighted by Crippen LogP contribution is -2.62. The average molecular weight is 348 g/mol. The van der Waals surface area contributed by atoms with Gasteiger partial charge in [-0.2, -0.15) is 0 Å². The smallest absolute Gasteiger partial charge is 0.270 e. The Labute approximate surface area is 148 Å². The molecule has 1 aromatic carbocycles. The number of H-pyrrole nitrogens is 1. The normalized spacial score (nSPS) is 20.2. The zero-order chi connectivity index (χ0) is 17.7. The van der Waals surface area contributed by atoms with Crippen LogP contribution < -0.4 is 5.32 Å². The molecule has 0 saturated carbocycles. The van der Waals surface area contributed by atoms with Crippen LogP contribution in [0.2, 0.25) is 5.02 Å². The van der Waals surface area contributed by atoms with E-state index >= 15 is 0 Å². The number of aromatic nitrogens is 1. The third-order valence-electron chi connectivity index (χ3n) is 4.87. The highest BCUT2D eigenvalue weighted by Gasteiger charge is 2.40. The molecule has 4 nitrogen and oxygen atoms in total. The highest BCUT2D eigenvalue weighted by molar-refractivity contribution is 6.35. The van der Waals surface area contributed by atoms with Gasteiger partial charge >= 0.3 is 0 Å². The van der Waals surface area contributed by atoms with Crippen LogP contribution in [0.4, 0.5) is 0 Å². The molecule has 24 heavy (non-hydrogen) atoms. The Morgan fingerprint density at radius 1 is 1.21 bits per heavy atom. The first-order valence-corrected chi connectivity index (χ1v) is 8.80. The monoisotopic (exact) mass is 347 g/mol. The highest BCUT2D eigenvalue weighted by atomic mass is 35.5. The van der Waals surface area contributed by atoms with Crippen LogP contribution in [0.15, 0.2) is 24.3 Å². The zero-order valence-electron chi connectivity index (χ0n) is 15.0. The number of carbonyl (C=O) groups is 1. The quantitative estimate of drug-likeness (QED) is 0.855. The van der Waals surface area contributed by atoms with Gasteiger partial charge in [0.05, 0.1) is 10.5 Å². The van der Waals surface area contributed by atoms with E-state index in [-0.39, 0.29) is 23.0 Å². The molecule has 3 rings (SSSR count). The van der Waals surface area contributed by atoms with Gasteiger partial charge in [-0.15, -0.1) is 0 Å². The third-order valence-corrected chi connectivity index (χ3v) is 5.19. The minimum absolute atomic E-state index is 0.00468. The van der Waals surface area contributed by atoms with Crippen molar-refractivity contribution in [1.82, 2.24) is 15.2 Å². The van der Waals surface area contributed by atoms with E-state index in [1.54, 1.807) is 0 Å². The van der Waals surface area contributed by atoms with Crippen molar-refractivity contribution in [3.05, 3.63) is 35.0 Å². The fourth-order valence-electron chi connectivity index (χ4n) is 4.13. The summed E-state index contributed by atoms with van der Waals surface area (Å²) in [5.41, 5.74) is 1.42. The molecule has 0 bridgehead atoms. The number of nitrogens with zero attached hydrogens (tertiary/aromatic N) is 1. The minimum atomic E-state index is 0.00468. The zero-order valence-corrected chi connectivity index (χ0v) is 15.8. The van der Waals surface area contributed by atoms with Gasteiger partial charge in [-0.25, -0.2) is 0 Å². The van der Waals surface area contributed by atoms with Crippen molar-refractivity contribution in [2.75, 3.05) is 7.05 Å². The van der Waals surface area contributed by atoms with Crippen molar-refractivity contribution in [3.8, 4) is 0 Å². The lowest BCUT2D eigenvalue weighted by atomic mass is 9.79. The molecule has 0 aliphatic carbocycles. The SMILES string of the molecule is CN(C(=O)c1cc2cccc(Cl)c2[nH]1)C1CC(C)(C)NC(C)(C)C1. The summed E-state index contributed by atoms with van der Waals surface area (Å²) in [5, 5.41) is 5.26. The van der Waals surface area contributed by atoms with E-state index in [1.807, 2.05) is 36.2 Å². The molecule has 0 spiro atoms. The maximum atomic E-state index is 13.0. The number of nitrogens with one attached hydrogen (secondary N) is 2. The van der Waals surface area contributed by atoms with E-state index in [2.05, 4.69) is 38.0 Å². The van der Waals surface area contributed by atoms with Crippen LogP contribution in [-0.4, -0.2) is 40.0 Å². The molecule has 1 aromatic heterocycles. The standard InChI is InChI=1S/C19H26ClN3O/c1-18(2)10-13(11-19(3,4)22-18)23(5)17(24)15-9-12-7-6-8-14(20)16(12)21-15/h6-9,13,21-22H,10-11H2,1-5H3. The maximum absolute atomic E-state index is 13.0. The first-order chi connectivity index (χ1) is 11.1. The van der Waals surface area contributed by atoms with Crippen LogP contribution in [-0.2, 0) is 0 Å². The molecule has 5 heteroatoms. The van der Waals surface area contributed by atoms with Gasteiger partial charge in [0.15, 0.2) is 0 Å². The lowest BCUT2D eigenvalue weighted by molar-refractivity contribution is 0.0524. The molecule has 0 radical (unpaired) electrons. The molecule has 2 heterocycles. The number of piperidine rings is 1. The molecule has 1 amide bonds. The van der Waals surface area contributed by atoms with E-state index in [0.717, 1.165) is 23.7 Å². The van der Waals surface area contributed by atoms with Gasteiger partial charge in [0.1, 0.15) is 5.69 Å². The number of para-hydroxylation sites is 1. The molecule has 2 N–H and O–H groups in total. The number of benzene rings is 1.